The Morgan fingerprint density at radius 3 is 2.42 bits per heavy atom. The predicted molar refractivity (Wildman–Crippen MR) is 101 cm³/mol. The van der Waals surface area contributed by atoms with E-state index in [1.807, 2.05) is 79.7 Å². The first kappa shape index (κ1) is 16.1. The summed E-state index contributed by atoms with van der Waals surface area (Å²) in [6, 6.07) is 23.5. The Kier molecular flexibility index (Phi) is 4.47. The fourth-order valence-corrected chi connectivity index (χ4v) is 2.67. The van der Waals surface area contributed by atoms with Crippen molar-refractivity contribution in [2.24, 2.45) is 0 Å². The van der Waals surface area contributed by atoms with Crippen molar-refractivity contribution in [1.29, 1.82) is 0 Å². The van der Waals surface area contributed by atoms with E-state index in [0.29, 0.717) is 12.2 Å². The highest BCUT2D eigenvalue weighted by Gasteiger charge is 2.10. The number of para-hydroxylation sites is 1. The van der Waals surface area contributed by atoms with E-state index in [-0.39, 0.29) is 6.10 Å². The van der Waals surface area contributed by atoms with Gasteiger partial charge >= 0.3 is 0 Å². The normalized spacial score (nSPS) is 12.0. The molecule has 4 aromatic rings. The molecule has 4 rings (SSSR count). The van der Waals surface area contributed by atoms with Gasteiger partial charge in [-0.1, -0.05) is 48.5 Å². The highest BCUT2D eigenvalue weighted by atomic mass is 16.5. The number of benzene rings is 2. The van der Waals surface area contributed by atoms with Crippen LogP contribution in [0.3, 0.4) is 0 Å². The highest BCUT2D eigenvalue weighted by Crippen LogP contribution is 2.18. The maximum absolute atomic E-state index is 5.88. The molecule has 0 aliphatic rings. The number of aromatic nitrogens is 4. The van der Waals surface area contributed by atoms with Crippen LogP contribution in [-0.4, -0.2) is 32.5 Å². The van der Waals surface area contributed by atoms with Crippen LogP contribution in [0.2, 0.25) is 0 Å². The summed E-state index contributed by atoms with van der Waals surface area (Å²) in [5, 5.41) is 16.4. The monoisotopic (exact) mass is 345 g/mol. The minimum absolute atomic E-state index is 0.00408. The summed E-state index contributed by atoms with van der Waals surface area (Å²) >= 11 is 0. The third kappa shape index (κ3) is 3.49. The molecule has 1 atom stereocenters. The standard InChI is InChI=1S/C20H19N5O/c1-15(26-17-10-6-3-7-11-17)14-21-18-12-13-19-22-23-20(25(19)24-18)16-8-4-2-5-9-16/h2-13,15H,14H2,1H3,(H,21,24). The Balaban J connectivity index is 1.49. The van der Waals surface area contributed by atoms with Crippen LogP contribution < -0.4 is 10.1 Å². The van der Waals surface area contributed by atoms with Crippen LogP contribution in [-0.2, 0) is 0 Å². The maximum Gasteiger partial charge on any atom is 0.185 e. The molecule has 0 radical (unpaired) electrons. The molecule has 0 spiro atoms. The molecule has 6 nitrogen and oxygen atoms in total. The molecule has 2 heterocycles. The summed E-state index contributed by atoms with van der Waals surface area (Å²) in [6.07, 6.45) is 0.00408. The van der Waals surface area contributed by atoms with Crippen molar-refractivity contribution in [3.63, 3.8) is 0 Å². The fourth-order valence-electron chi connectivity index (χ4n) is 2.67. The van der Waals surface area contributed by atoms with E-state index < -0.39 is 0 Å². The SMILES string of the molecule is CC(CNc1ccc2nnc(-c3ccccc3)n2n1)Oc1ccccc1. The van der Waals surface area contributed by atoms with Gasteiger partial charge in [-0.15, -0.1) is 15.3 Å². The first-order valence-corrected chi connectivity index (χ1v) is 8.53. The number of nitrogens with zero attached hydrogens (tertiary/aromatic N) is 4. The van der Waals surface area contributed by atoms with Crippen LogP contribution in [0.1, 0.15) is 6.92 Å². The van der Waals surface area contributed by atoms with Crippen LogP contribution in [0.4, 0.5) is 5.82 Å². The van der Waals surface area contributed by atoms with Gasteiger partial charge in [0, 0.05) is 5.56 Å². The quantitative estimate of drug-likeness (QED) is 0.578. The van der Waals surface area contributed by atoms with Gasteiger partial charge in [0.2, 0.25) is 0 Å². The second kappa shape index (κ2) is 7.23. The molecule has 0 aliphatic heterocycles. The van der Waals surface area contributed by atoms with Crippen molar-refractivity contribution in [2.45, 2.75) is 13.0 Å². The second-order valence-electron chi connectivity index (χ2n) is 6.00. The van der Waals surface area contributed by atoms with Crippen LogP contribution in [0, 0.1) is 0 Å². The van der Waals surface area contributed by atoms with Gasteiger partial charge in [-0.3, -0.25) is 0 Å². The molecular weight excluding hydrogens is 326 g/mol. The van der Waals surface area contributed by atoms with Crippen LogP contribution >= 0.6 is 0 Å². The van der Waals surface area contributed by atoms with Gasteiger partial charge in [0.05, 0.1) is 6.54 Å². The smallest absolute Gasteiger partial charge is 0.185 e. The lowest BCUT2D eigenvalue weighted by molar-refractivity contribution is 0.234. The Hall–Kier alpha value is -3.41. The molecule has 1 N–H and O–H groups in total. The van der Waals surface area contributed by atoms with Crippen LogP contribution in [0.5, 0.6) is 5.75 Å². The fraction of sp³-hybridized carbons (Fsp3) is 0.150. The molecule has 26 heavy (non-hydrogen) atoms. The third-order valence-electron chi connectivity index (χ3n) is 3.95. The largest absolute Gasteiger partial charge is 0.489 e. The number of hydrogen-bond donors (Lipinski definition) is 1. The van der Waals surface area contributed by atoms with Crippen molar-refractivity contribution in [1.82, 2.24) is 19.8 Å². The minimum Gasteiger partial charge on any atom is -0.489 e. The van der Waals surface area contributed by atoms with E-state index in [2.05, 4.69) is 20.6 Å². The summed E-state index contributed by atoms with van der Waals surface area (Å²) in [6.45, 7) is 2.66. The molecule has 1 unspecified atom stereocenters. The number of ether oxygens (including phenoxy) is 1. The summed E-state index contributed by atoms with van der Waals surface area (Å²) in [5.41, 5.74) is 1.69. The van der Waals surface area contributed by atoms with E-state index in [0.717, 1.165) is 23.0 Å². The summed E-state index contributed by atoms with van der Waals surface area (Å²) in [4.78, 5) is 0. The zero-order valence-electron chi connectivity index (χ0n) is 14.4. The van der Waals surface area contributed by atoms with Crippen molar-refractivity contribution < 1.29 is 4.74 Å². The Bertz CT molecular complexity index is 985. The number of fused-ring (bicyclic) bond motifs is 1. The molecule has 0 amide bonds. The maximum atomic E-state index is 5.88. The van der Waals surface area contributed by atoms with Crippen LogP contribution in [0.25, 0.3) is 17.0 Å². The number of hydrogen-bond acceptors (Lipinski definition) is 5. The van der Waals surface area contributed by atoms with E-state index >= 15 is 0 Å². The first-order chi connectivity index (χ1) is 12.8. The molecule has 2 aromatic heterocycles. The topological polar surface area (TPSA) is 64.3 Å². The van der Waals surface area contributed by atoms with Gasteiger partial charge in [-0.25, -0.2) is 0 Å². The Morgan fingerprint density at radius 2 is 1.65 bits per heavy atom. The zero-order chi connectivity index (χ0) is 17.8. The van der Waals surface area contributed by atoms with Crippen molar-refractivity contribution in [3.05, 3.63) is 72.8 Å². The number of rotatable bonds is 6. The van der Waals surface area contributed by atoms with E-state index in [1.165, 1.54) is 0 Å². The second-order valence-corrected chi connectivity index (χ2v) is 6.00. The van der Waals surface area contributed by atoms with E-state index in [1.54, 1.807) is 4.52 Å². The molecule has 0 saturated heterocycles. The minimum atomic E-state index is 0.00408. The average molecular weight is 345 g/mol. The van der Waals surface area contributed by atoms with Gasteiger partial charge in [0.25, 0.3) is 0 Å². The highest BCUT2D eigenvalue weighted by molar-refractivity contribution is 5.59. The Morgan fingerprint density at radius 1 is 0.923 bits per heavy atom. The molecule has 2 aromatic carbocycles. The first-order valence-electron chi connectivity index (χ1n) is 8.53. The van der Waals surface area contributed by atoms with E-state index in [4.69, 9.17) is 4.74 Å². The molecular formula is C20H19N5O. The van der Waals surface area contributed by atoms with Crippen molar-refractivity contribution >= 4 is 11.5 Å². The predicted octanol–water partition coefficient (Wildman–Crippen LogP) is 3.67. The van der Waals surface area contributed by atoms with Gasteiger partial charge in [-0.2, -0.15) is 4.52 Å². The van der Waals surface area contributed by atoms with E-state index in [9.17, 15) is 0 Å². The zero-order valence-corrected chi connectivity index (χ0v) is 14.4. The van der Waals surface area contributed by atoms with Gasteiger partial charge in [-0.05, 0) is 31.2 Å². The average Bonchev–Trinajstić information content (AvgIpc) is 3.11. The lowest BCUT2D eigenvalue weighted by atomic mass is 10.2. The molecule has 0 saturated carbocycles. The summed E-state index contributed by atoms with van der Waals surface area (Å²) in [7, 11) is 0. The third-order valence-corrected chi connectivity index (χ3v) is 3.95. The van der Waals surface area contributed by atoms with Crippen molar-refractivity contribution in [2.75, 3.05) is 11.9 Å². The summed E-state index contributed by atoms with van der Waals surface area (Å²) < 4.78 is 7.63. The lowest BCUT2D eigenvalue weighted by Gasteiger charge is -2.15. The molecule has 0 bridgehead atoms. The van der Waals surface area contributed by atoms with Crippen molar-refractivity contribution in [3.8, 4) is 17.1 Å². The lowest BCUT2D eigenvalue weighted by Crippen LogP contribution is -2.23. The molecule has 0 fully saturated rings. The van der Waals surface area contributed by atoms with Gasteiger partial charge < -0.3 is 10.1 Å². The number of nitrogens with one attached hydrogen (secondary N) is 1. The molecule has 0 aliphatic carbocycles. The molecule has 6 heteroatoms. The van der Waals surface area contributed by atoms with Crippen LogP contribution in [0.15, 0.2) is 72.8 Å². The summed E-state index contributed by atoms with van der Waals surface area (Å²) in [5.74, 6) is 2.33. The van der Waals surface area contributed by atoms with Gasteiger partial charge in [0.1, 0.15) is 17.7 Å². The Labute approximate surface area is 151 Å². The van der Waals surface area contributed by atoms with Gasteiger partial charge in [0.15, 0.2) is 11.5 Å². The number of anilines is 1. The molecule has 130 valence electrons.